The summed E-state index contributed by atoms with van der Waals surface area (Å²) >= 11 is 0. The van der Waals surface area contributed by atoms with Gasteiger partial charge in [0.05, 0.1) is 0 Å². The smallest absolute Gasteiger partial charge is 0.410 e. The SMILES string of the molecule is Cc1cc(Nc2cc(C(N)=O)nc(NC3CC4CCC(C3)N4C(=O)OC(C)(C)C)n2)n[nH]1. The third-order valence-electron chi connectivity index (χ3n) is 5.61. The van der Waals surface area contributed by atoms with Crippen LogP contribution in [0.2, 0.25) is 0 Å². The summed E-state index contributed by atoms with van der Waals surface area (Å²) in [5, 5.41) is 13.4. The molecule has 0 saturated carbocycles. The Hall–Kier alpha value is -3.37. The number of primary amides is 1. The van der Waals surface area contributed by atoms with E-state index >= 15 is 0 Å². The summed E-state index contributed by atoms with van der Waals surface area (Å²) in [6.45, 7) is 7.51. The molecular formula is C21H30N8O3. The Balaban J connectivity index is 1.47. The molecule has 2 aromatic heterocycles. The van der Waals surface area contributed by atoms with Crippen LogP contribution in [0, 0.1) is 6.92 Å². The van der Waals surface area contributed by atoms with E-state index in [1.165, 1.54) is 6.07 Å². The highest BCUT2D eigenvalue weighted by molar-refractivity contribution is 5.92. The van der Waals surface area contributed by atoms with Gasteiger partial charge in [-0.3, -0.25) is 9.89 Å². The van der Waals surface area contributed by atoms with E-state index in [1.54, 1.807) is 0 Å². The van der Waals surface area contributed by atoms with Crippen molar-refractivity contribution in [1.29, 1.82) is 0 Å². The van der Waals surface area contributed by atoms with Crippen LogP contribution in [0.25, 0.3) is 0 Å². The van der Waals surface area contributed by atoms with Crippen LogP contribution in [0.1, 0.15) is 62.6 Å². The number of carbonyl (C=O) groups is 2. The zero-order chi connectivity index (χ0) is 23.0. The number of ether oxygens (including phenoxy) is 1. The average Bonchev–Trinajstić information content (AvgIpc) is 3.20. The molecule has 2 aliphatic rings. The number of hydrogen-bond acceptors (Lipinski definition) is 8. The second kappa shape index (κ2) is 8.29. The first-order chi connectivity index (χ1) is 15.1. The molecule has 2 fully saturated rings. The Kier molecular flexibility index (Phi) is 5.66. The van der Waals surface area contributed by atoms with E-state index in [-0.39, 0.29) is 29.9 Å². The van der Waals surface area contributed by atoms with Crippen molar-refractivity contribution in [3.63, 3.8) is 0 Å². The minimum Gasteiger partial charge on any atom is -0.444 e. The first-order valence-electron chi connectivity index (χ1n) is 10.8. The van der Waals surface area contributed by atoms with Crippen molar-refractivity contribution in [3.05, 3.63) is 23.5 Å². The molecule has 2 aromatic rings. The standard InChI is InChI=1S/C21H30N8O3/c1-11-7-17(28-27-11)25-16-10-15(18(22)30)24-19(26-16)23-12-8-13-5-6-14(9-12)29(13)20(31)32-21(2,3)4/h7,10,12-14H,5-6,8-9H2,1-4H3,(H2,22,30)(H3,23,24,25,26,27,28). The van der Waals surface area contributed by atoms with Gasteiger partial charge in [0.15, 0.2) is 5.82 Å². The van der Waals surface area contributed by atoms with E-state index in [0.29, 0.717) is 17.6 Å². The molecule has 0 aromatic carbocycles. The first kappa shape index (κ1) is 21.8. The van der Waals surface area contributed by atoms with E-state index < -0.39 is 11.5 Å². The second-order valence-electron chi connectivity index (χ2n) is 9.47. The Labute approximate surface area is 186 Å². The van der Waals surface area contributed by atoms with Gasteiger partial charge in [-0.15, -0.1) is 0 Å². The summed E-state index contributed by atoms with van der Waals surface area (Å²) in [4.78, 5) is 35.1. The zero-order valence-electron chi connectivity index (χ0n) is 18.8. The summed E-state index contributed by atoms with van der Waals surface area (Å²) in [7, 11) is 0. The molecule has 11 heteroatoms. The van der Waals surface area contributed by atoms with Gasteiger partial charge in [-0.1, -0.05) is 0 Å². The lowest BCUT2D eigenvalue weighted by Gasteiger charge is -2.39. The number of nitrogens with two attached hydrogens (primary N) is 1. The van der Waals surface area contributed by atoms with Gasteiger partial charge in [0.2, 0.25) is 5.95 Å². The third-order valence-corrected chi connectivity index (χ3v) is 5.61. The molecule has 5 N–H and O–H groups in total. The van der Waals surface area contributed by atoms with Crippen molar-refractivity contribution in [1.82, 2.24) is 25.1 Å². The van der Waals surface area contributed by atoms with Gasteiger partial charge >= 0.3 is 6.09 Å². The fourth-order valence-electron chi connectivity index (χ4n) is 4.41. The van der Waals surface area contributed by atoms with Crippen LogP contribution < -0.4 is 16.4 Å². The van der Waals surface area contributed by atoms with Crippen LogP contribution in [-0.2, 0) is 4.74 Å². The number of hydrogen-bond donors (Lipinski definition) is 4. The monoisotopic (exact) mass is 442 g/mol. The normalized spacial score (nSPS) is 22.5. The number of aryl methyl sites for hydroxylation is 1. The molecule has 32 heavy (non-hydrogen) atoms. The van der Waals surface area contributed by atoms with Crippen molar-refractivity contribution in [2.24, 2.45) is 5.73 Å². The van der Waals surface area contributed by atoms with Crippen LogP contribution in [0.15, 0.2) is 12.1 Å². The molecule has 2 unspecified atom stereocenters. The maximum absolute atomic E-state index is 12.7. The van der Waals surface area contributed by atoms with E-state index in [4.69, 9.17) is 10.5 Å². The average molecular weight is 443 g/mol. The zero-order valence-corrected chi connectivity index (χ0v) is 18.8. The fraction of sp³-hybridized carbons (Fsp3) is 0.571. The van der Waals surface area contributed by atoms with Crippen LogP contribution in [0.3, 0.4) is 0 Å². The number of nitrogens with zero attached hydrogens (tertiary/aromatic N) is 4. The predicted octanol–water partition coefficient (Wildman–Crippen LogP) is 2.69. The highest BCUT2D eigenvalue weighted by Crippen LogP contribution is 2.37. The summed E-state index contributed by atoms with van der Waals surface area (Å²) in [5.41, 5.74) is 5.94. The van der Waals surface area contributed by atoms with Crippen molar-refractivity contribution in [2.45, 2.75) is 77.1 Å². The molecule has 2 aliphatic heterocycles. The number of nitrogens with one attached hydrogen (secondary N) is 3. The Morgan fingerprint density at radius 2 is 1.84 bits per heavy atom. The minimum atomic E-state index is -0.642. The largest absolute Gasteiger partial charge is 0.444 e. The van der Waals surface area contributed by atoms with Crippen LogP contribution in [0.5, 0.6) is 0 Å². The first-order valence-corrected chi connectivity index (χ1v) is 10.8. The van der Waals surface area contributed by atoms with Crippen LogP contribution in [0.4, 0.5) is 22.4 Å². The highest BCUT2D eigenvalue weighted by atomic mass is 16.6. The van der Waals surface area contributed by atoms with Crippen molar-refractivity contribution < 1.29 is 14.3 Å². The summed E-state index contributed by atoms with van der Waals surface area (Å²) < 4.78 is 5.60. The lowest BCUT2D eigenvalue weighted by molar-refractivity contribution is 0.00680. The van der Waals surface area contributed by atoms with Gasteiger partial charge in [-0.05, 0) is 53.4 Å². The van der Waals surface area contributed by atoms with E-state index in [0.717, 1.165) is 31.4 Å². The van der Waals surface area contributed by atoms with Gasteiger partial charge in [0, 0.05) is 36.0 Å². The topological polar surface area (TPSA) is 151 Å². The molecular weight excluding hydrogens is 412 g/mol. The quantitative estimate of drug-likeness (QED) is 0.552. The van der Waals surface area contributed by atoms with E-state index in [1.807, 2.05) is 38.7 Å². The number of amides is 2. The Morgan fingerprint density at radius 1 is 1.16 bits per heavy atom. The second-order valence-corrected chi connectivity index (χ2v) is 9.47. The molecule has 0 spiro atoms. The third kappa shape index (κ3) is 4.92. The lowest BCUT2D eigenvalue weighted by Crippen LogP contribution is -2.51. The number of fused-ring (bicyclic) bond motifs is 2. The molecule has 172 valence electrons. The van der Waals surface area contributed by atoms with Crippen molar-refractivity contribution >= 4 is 29.6 Å². The molecule has 0 aliphatic carbocycles. The molecule has 2 amide bonds. The van der Waals surface area contributed by atoms with Crippen LogP contribution >= 0.6 is 0 Å². The van der Waals surface area contributed by atoms with Gasteiger partial charge < -0.3 is 26.0 Å². The van der Waals surface area contributed by atoms with Crippen LogP contribution in [-0.4, -0.2) is 60.8 Å². The number of H-pyrrole nitrogens is 1. The number of piperidine rings is 1. The summed E-state index contributed by atoms with van der Waals surface area (Å²) in [5.74, 6) is 0.658. The number of aromatic amines is 1. The van der Waals surface area contributed by atoms with Crippen molar-refractivity contribution in [2.75, 3.05) is 10.6 Å². The predicted molar refractivity (Wildman–Crippen MR) is 119 cm³/mol. The Bertz CT molecular complexity index is 1000. The maximum Gasteiger partial charge on any atom is 0.410 e. The molecule has 2 saturated heterocycles. The number of rotatable bonds is 5. The van der Waals surface area contributed by atoms with Gasteiger partial charge in [0.25, 0.3) is 5.91 Å². The van der Waals surface area contributed by atoms with Crippen molar-refractivity contribution in [3.8, 4) is 0 Å². The maximum atomic E-state index is 12.7. The van der Waals surface area contributed by atoms with Gasteiger partial charge in [-0.2, -0.15) is 10.1 Å². The number of anilines is 3. The molecule has 2 bridgehead atoms. The molecule has 0 radical (unpaired) electrons. The van der Waals surface area contributed by atoms with E-state index in [9.17, 15) is 9.59 Å². The summed E-state index contributed by atoms with van der Waals surface area (Å²) in [6, 6.07) is 3.58. The lowest BCUT2D eigenvalue weighted by atomic mass is 9.98. The minimum absolute atomic E-state index is 0.0646. The highest BCUT2D eigenvalue weighted by Gasteiger charge is 2.45. The fourth-order valence-corrected chi connectivity index (χ4v) is 4.41. The van der Waals surface area contributed by atoms with E-state index in [2.05, 4.69) is 30.8 Å². The van der Waals surface area contributed by atoms with Gasteiger partial charge in [0.1, 0.15) is 17.1 Å². The molecule has 11 nitrogen and oxygen atoms in total. The molecule has 2 atom stereocenters. The number of aromatic nitrogens is 4. The Morgan fingerprint density at radius 3 is 2.41 bits per heavy atom. The molecule has 4 heterocycles. The molecule has 4 rings (SSSR count). The van der Waals surface area contributed by atoms with Gasteiger partial charge in [-0.25, -0.2) is 9.78 Å². The summed E-state index contributed by atoms with van der Waals surface area (Å²) in [6.07, 6.45) is 3.13. The number of carbonyl (C=O) groups excluding carboxylic acids is 2.